The number of esters is 1. The average molecular weight is 485 g/mol. The van der Waals surface area contributed by atoms with Gasteiger partial charge < -0.3 is 9.53 Å². The number of ether oxygens (including phenoxy) is 1. The van der Waals surface area contributed by atoms with E-state index in [1.807, 2.05) is 0 Å². The lowest BCUT2D eigenvalue weighted by atomic mass is 9.31. The number of carbonyl (C=O) groups excluding carboxylic acids is 2. The summed E-state index contributed by atoms with van der Waals surface area (Å²) in [6.45, 7) is 19.3. The van der Waals surface area contributed by atoms with Crippen molar-refractivity contribution < 1.29 is 14.3 Å². The maximum atomic E-state index is 12.0. The Morgan fingerprint density at radius 3 is 2.17 bits per heavy atom. The van der Waals surface area contributed by atoms with Crippen molar-refractivity contribution in [3.8, 4) is 0 Å². The SMILES string of the molecule is CC(=O)O[C@H]1CC[C@]2(C)[C@H]3CC[C@@H]4[C@H]5[C@H](C)[C@H](C=O)CC[C@]5(C)CC[C@@]4(C)[C@]3(C)CC[C@H]2C1(C)C. The first-order valence-electron chi connectivity index (χ1n) is 14.9. The molecule has 0 amide bonds. The summed E-state index contributed by atoms with van der Waals surface area (Å²) in [4.78, 5) is 23.9. The maximum absolute atomic E-state index is 12.0. The second-order valence-corrected chi connectivity index (χ2v) is 15.5. The van der Waals surface area contributed by atoms with Gasteiger partial charge >= 0.3 is 5.97 Å². The van der Waals surface area contributed by atoms with E-state index < -0.39 is 0 Å². The Bertz CT molecular complexity index is 878. The smallest absolute Gasteiger partial charge is 0.302 e. The average Bonchev–Trinajstić information content (AvgIpc) is 2.76. The molecule has 5 aliphatic carbocycles. The lowest BCUT2D eigenvalue weighted by molar-refractivity contribution is -0.257. The number of rotatable bonds is 2. The van der Waals surface area contributed by atoms with Gasteiger partial charge in [-0.25, -0.2) is 0 Å². The molecule has 0 aromatic carbocycles. The van der Waals surface area contributed by atoms with Gasteiger partial charge in [-0.1, -0.05) is 48.5 Å². The summed E-state index contributed by atoms with van der Waals surface area (Å²) in [6.07, 6.45) is 13.8. The third-order valence-corrected chi connectivity index (χ3v) is 14.1. The summed E-state index contributed by atoms with van der Waals surface area (Å²) in [5.41, 5.74) is 1.45. The van der Waals surface area contributed by atoms with Crippen LogP contribution < -0.4 is 0 Å². The van der Waals surface area contributed by atoms with Gasteiger partial charge in [0.15, 0.2) is 0 Å². The zero-order valence-corrected chi connectivity index (χ0v) is 23.9. The third kappa shape index (κ3) is 3.34. The highest BCUT2D eigenvalue weighted by Crippen LogP contribution is 2.77. The molecule has 3 nitrogen and oxygen atoms in total. The van der Waals surface area contributed by atoms with Gasteiger partial charge in [-0.2, -0.15) is 0 Å². The summed E-state index contributed by atoms with van der Waals surface area (Å²) >= 11 is 0. The highest BCUT2D eigenvalue weighted by Gasteiger charge is 2.70. The van der Waals surface area contributed by atoms with Gasteiger partial charge in [0.25, 0.3) is 0 Å². The predicted octanol–water partition coefficient (Wildman–Crippen LogP) is 7.85. The van der Waals surface area contributed by atoms with Crippen LogP contribution in [0, 0.1) is 62.6 Å². The molecule has 0 N–H and O–H groups in total. The summed E-state index contributed by atoms with van der Waals surface area (Å²) in [7, 11) is 0. The first kappa shape index (κ1) is 25.8. The minimum atomic E-state index is -0.124. The van der Waals surface area contributed by atoms with Crippen LogP contribution in [0.3, 0.4) is 0 Å². The van der Waals surface area contributed by atoms with Gasteiger partial charge in [0.1, 0.15) is 12.4 Å². The van der Waals surface area contributed by atoms with Crippen LogP contribution in [0.1, 0.15) is 120 Å². The predicted molar refractivity (Wildman–Crippen MR) is 141 cm³/mol. The topological polar surface area (TPSA) is 43.4 Å². The number of fused-ring (bicyclic) bond motifs is 7. The normalized spacial score (nSPS) is 54.9. The van der Waals surface area contributed by atoms with E-state index >= 15 is 0 Å². The van der Waals surface area contributed by atoms with E-state index in [1.165, 1.54) is 57.7 Å². The van der Waals surface area contributed by atoms with Crippen LogP contribution in [-0.4, -0.2) is 18.4 Å². The van der Waals surface area contributed by atoms with Gasteiger partial charge in [0, 0.05) is 18.3 Å². The highest BCUT2D eigenvalue weighted by atomic mass is 16.5. The fraction of sp³-hybridized carbons (Fsp3) is 0.938. The Balaban J connectivity index is 1.49. The minimum Gasteiger partial charge on any atom is -0.462 e. The van der Waals surface area contributed by atoms with Crippen molar-refractivity contribution in [1.82, 2.24) is 0 Å². The largest absolute Gasteiger partial charge is 0.462 e. The fourth-order valence-electron chi connectivity index (χ4n) is 12.1. The van der Waals surface area contributed by atoms with Crippen LogP contribution in [0.4, 0.5) is 0 Å². The first-order valence-corrected chi connectivity index (χ1v) is 14.9. The highest BCUT2D eigenvalue weighted by molar-refractivity contribution is 5.66. The van der Waals surface area contributed by atoms with E-state index in [4.69, 9.17) is 4.74 Å². The molecule has 5 aliphatic rings. The molecule has 0 bridgehead atoms. The summed E-state index contributed by atoms with van der Waals surface area (Å²) in [6, 6.07) is 0. The molecular formula is C32H52O3. The molecule has 0 aliphatic heterocycles. The van der Waals surface area contributed by atoms with Crippen molar-refractivity contribution in [2.75, 3.05) is 0 Å². The molecule has 0 spiro atoms. The molecule has 0 radical (unpaired) electrons. The lowest BCUT2D eigenvalue weighted by Crippen LogP contribution is -2.67. The number of hydrogen-bond acceptors (Lipinski definition) is 3. The van der Waals surface area contributed by atoms with Crippen LogP contribution in [0.5, 0.6) is 0 Å². The molecule has 11 atom stereocenters. The molecule has 35 heavy (non-hydrogen) atoms. The van der Waals surface area contributed by atoms with E-state index in [1.54, 1.807) is 6.92 Å². The molecule has 0 saturated heterocycles. The zero-order valence-electron chi connectivity index (χ0n) is 23.9. The Labute approximate surface area is 214 Å². The standard InChI is InChI=1S/C32H52O3/c1-20-22(19-33)11-14-29(5)17-18-31(7)23(27(20)29)9-10-25-30(6)15-13-26(35-21(2)34)28(3,4)24(30)12-16-32(25,31)8/h19-20,22-27H,9-18H2,1-8H3/t20-,22+,23-,24+,25-,26+,27-,29-,30+,31-,32-/m1/s1. The zero-order chi connectivity index (χ0) is 25.6. The van der Waals surface area contributed by atoms with Crippen molar-refractivity contribution in [3.05, 3.63) is 0 Å². The molecule has 198 valence electrons. The van der Waals surface area contributed by atoms with Crippen LogP contribution in [0.25, 0.3) is 0 Å². The Kier molecular flexibility index (Phi) is 5.94. The van der Waals surface area contributed by atoms with Crippen molar-refractivity contribution in [2.45, 2.75) is 126 Å². The molecule has 3 heteroatoms. The van der Waals surface area contributed by atoms with Crippen LogP contribution in [0.15, 0.2) is 0 Å². The summed E-state index contributed by atoms with van der Waals surface area (Å²) in [5, 5.41) is 0. The molecule has 0 heterocycles. The van der Waals surface area contributed by atoms with E-state index in [0.717, 1.165) is 24.7 Å². The van der Waals surface area contributed by atoms with Gasteiger partial charge in [-0.05, 0) is 115 Å². The summed E-state index contributed by atoms with van der Waals surface area (Å²) in [5.74, 6) is 3.41. The quantitative estimate of drug-likeness (QED) is 0.296. The fourth-order valence-corrected chi connectivity index (χ4v) is 12.1. The van der Waals surface area contributed by atoms with E-state index in [2.05, 4.69) is 48.5 Å². The van der Waals surface area contributed by atoms with Crippen molar-refractivity contribution in [1.29, 1.82) is 0 Å². The lowest BCUT2D eigenvalue weighted by Gasteiger charge is -2.74. The Morgan fingerprint density at radius 1 is 0.800 bits per heavy atom. The maximum Gasteiger partial charge on any atom is 0.302 e. The van der Waals surface area contributed by atoms with Crippen LogP contribution in [-0.2, 0) is 14.3 Å². The van der Waals surface area contributed by atoms with Gasteiger partial charge in [0.05, 0.1) is 0 Å². The molecule has 0 aromatic heterocycles. The van der Waals surface area contributed by atoms with Crippen LogP contribution in [0.2, 0.25) is 0 Å². The minimum absolute atomic E-state index is 0.0258. The third-order valence-electron chi connectivity index (χ3n) is 14.1. The molecule has 0 unspecified atom stereocenters. The Morgan fingerprint density at radius 2 is 1.51 bits per heavy atom. The van der Waals surface area contributed by atoms with Gasteiger partial charge in [0.2, 0.25) is 0 Å². The second-order valence-electron chi connectivity index (χ2n) is 15.5. The molecular weight excluding hydrogens is 432 g/mol. The number of carbonyl (C=O) groups is 2. The first-order chi connectivity index (χ1) is 16.2. The molecule has 5 rings (SSSR count). The molecule has 5 saturated carbocycles. The monoisotopic (exact) mass is 484 g/mol. The molecule has 5 fully saturated rings. The van der Waals surface area contributed by atoms with Crippen LogP contribution >= 0.6 is 0 Å². The van der Waals surface area contributed by atoms with E-state index in [-0.39, 0.29) is 23.4 Å². The van der Waals surface area contributed by atoms with Crippen molar-refractivity contribution >= 4 is 12.3 Å². The van der Waals surface area contributed by atoms with E-state index in [0.29, 0.717) is 39.4 Å². The second kappa shape index (κ2) is 8.07. The number of hydrogen-bond donors (Lipinski definition) is 0. The number of aldehydes is 1. The van der Waals surface area contributed by atoms with Gasteiger partial charge in [-0.15, -0.1) is 0 Å². The van der Waals surface area contributed by atoms with Gasteiger partial charge in [-0.3, -0.25) is 4.79 Å². The molecule has 0 aromatic rings. The van der Waals surface area contributed by atoms with Crippen molar-refractivity contribution in [3.63, 3.8) is 0 Å². The van der Waals surface area contributed by atoms with E-state index in [9.17, 15) is 9.59 Å². The Hall–Kier alpha value is -0.860. The van der Waals surface area contributed by atoms with Crippen molar-refractivity contribution in [2.24, 2.45) is 62.6 Å². The summed E-state index contributed by atoms with van der Waals surface area (Å²) < 4.78 is 5.90.